The van der Waals surface area contributed by atoms with E-state index in [-0.39, 0.29) is 11.8 Å². The Morgan fingerprint density at radius 1 is 1.47 bits per heavy atom. The summed E-state index contributed by atoms with van der Waals surface area (Å²) in [5.74, 6) is -0.0797. The summed E-state index contributed by atoms with van der Waals surface area (Å²) in [6.45, 7) is 3.82. The van der Waals surface area contributed by atoms with Gasteiger partial charge in [0.15, 0.2) is 0 Å². The average Bonchev–Trinajstić information content (AvgIpc) is 2.28. The lowest BCUT2D eigenvalue weighted by atomic mass is 10.1. The summed E-state index contributed by atoms with van der Waals surface area (Å²) in [7, 11) is 0. The number of hydrogen-bond acceptors (Lipinski definition) is 3. The molecule has 0 aliphatic carbocycles. The van der Waals surface area contributed by atoms with Gasteiger partial charge in [0.2, 0.25) is 5.91 Å². The van der Waals surface area contributed by atoms with Crippen molar-refractivity contribution >= 4 is 35.0 Å². The minimum Gasteiger partial charge on any atom is -0.325 e. The van der Waals surface area contributed by atoms with E-state index in [4.69, 9.17) is 17.3 Å². The zero-order chi connectivity index (χ0) is 13.0. The Bertz CT molecular complexity index is 409. The van der Waals surface area contributed by atoms with Gasteiger partial charge in [-0.25, -0.2) is 0 Å². The van der Waals surface area contributed by atoms with Gasteiger partial charge in [0, 0.05) is 10.6 Å². The molecule has 0 saturated carbocycles. The second kappa shape index (κ2) is 6.28. The Kier molecular flexibility index (Phi) is 5.31. The van der Waals surface area contributed by atoms with Crippen LogP contribution in [0, 0.1) is 5.92 Å². The van der Waals surface area contributed by atoms with E-state index >= 15 is 0 Å². The van der Waals surface area contributed by atoms with E-state index in [1.807, 2.05) is 32.2 Å². The van der Waals surface area contributed by atoms with Gasteiger partial charge in [-0.1, -0.05) is 25.4 Å². The molecule has 1 rings (SSSR count). The number of nitrogens with two attached hydrogens (primary N) is 1. The van der Waals surface area contributed by atoms with E-state index in [1.54, 1.807) is 17.8 Å². The van der Waals surface area contributed by atoms with Crippen LogP contribution in [0.4, 0.5) is 5.69 Å². The molecular formula is C12H17ClN2OS. The molecule has 0 radical (unpaired) electrons. The molecule has 0 unspecified atom stereocenters. The van der Waals surface area contributed by atoms with Gasteiger partial charge >= 0.3 is 0 Å². The summed E-state index contributed by atoms with van der Waals surface area (Å²) >= 11 is 7.62. The van der Waals surface area contributed by atoms with Gasteiger partial charge in [-0.2, -0.15) is 0 Å². The molecule has 1 aromatic carbocycles. The van der Waals surface area contributed by atoms with Gasteiger partial charge in [-0.3, -0.25) is 4.79 Å². The lowest BCUT2D eigenvalue weighted by molar-refractivity contribution is -0.118. The maximum Gasteiger partial charge on any atom is 0.241 e. The fourth-order valence-electron chi connectivity index (χ4n) is 1.27. The lowest BCUT2D eigenvalue weighted by Gasteiger charge is -2.15. The molecule has 94 valence electrons. The molecule has 3 nitrogen and oxygen atoms in total. The minimum atomic E-state index is -0.506. The maximum absolute atomic E-state index is 11.7. The molecule has 0 aromatic heterocycles. The quantitative estimate of drug-likeness (QED) is 0.829. The summed E-state index contributed by atoms with van der Waals surface area (Å²) in [5.41, 5.74) is 6.43. The van der Waals surface area contributed by atoms with Crippen LogP contribution in [0.5, 0.6) is 0 Å². The van der Waals surface area contributed by atoms with E-state index in [0.29, 0.717) is 10.7 Å². The first-order valence-electron chi connectivity index (χ1n) is 5.35. The van der Waals surface area contributed by atoms with E-state index in [0.717, 1.165) is 4.90 Å². The van der Waals surface area contributed by atoms with Crippen molar-refractivity contribution in [3.8, 4) is 0 Å². The third kappa shape index (κ3) is 3.91. The third-order valence-corrected chi connectivity index (χ3v) is 3.66. The fraction of sp³-hybridized carbons (Fsp3) is 0.417. The maximum atomic E-state index is 11.7. The highest BCUT2D eigenvalue weighted by Crippen LogP contribution is 2.28. The van der Waals surface area contributed by atoms with Gasteiger partial charge in [-0.15, -0.1) is 11.8 Å². The first-order chi connectivity index (χ1) is 7.95. The first-order valence-corrected chi connectivity index (χ1v) is 6.96. The van der Waals surface area contributed by atoms with Crippen LogP contribution in [-0.4, -0.2) is 18.2 Å². The molecule has 0 aliphatic heterocycles. The summed E-state index contributed by atoms with van der Waals surface area (Å²) in [6, 6.07) is 4.93. The molecule has 0 aliphatic rings. The number of nitrogens with one attached hydrogen (secondary N) is 1. The van der Waals surface area contributed by atoms with Crippen molar-refractivity contribution in [2.45, 2.75) is 24.8 Å². The van der Waals surface area contributed by atoms with Crippen LogP contribution in [0.2, 0.25) is 5.02 Å². The number of benzene rings is 1. The number of carbonyl (C=O) groups is 1. The second-order valence-corrected chi connectivity index (χ2v) is 5.36. The fourth-order valence-corrected chi connectivity index (χ4v) is 2.14. The van der Waals surface area contributed by atoms with Gasteiger partial charge in [0.25, 0.3) is 0 Å². The third-order valence-electron chi connectivity index (χ3n) is 2.44. The number of hydrogen-bond donors (Lipinski definition) is 2. The molecular weight excluding hydrogens is 256 g/mol. The lowest BCUT2D eigenvalue weighted by Crippen LogP contribution is -2.39. The van der Waals surface area contributed by atoms with Crippen molar-refractivity contribution in [2.24, 2.45) is 11.7 Å². The van der Waals surface area contributed by atoms with Gasteiger partial charge < -0.3 is 11.1 Å². The Balaban J connectivity index is 2.76. The molecule has 0 saturated heterocycles. The molecule has 17 heavy (non-hydrogen) atoms. The Hall–Kier alpha value is -0.710. The molecule has 3 N–H and O–H groups in total. The number of halogens is 1. The van der Waals surface area contributed by atoms with Crippen LogP contribution in [0.25, 0.3) is 0 Å². The highest BCUT2D eigenvalue weighted by atomic mass is 35.5. The molecule has 0 fully saturated rings. The predicted molar refractivity (Wildman–Crippen MR) is 74.7 cm³/mol. The summed E-state index contributed by atoms with van der Waals surface area (Å²) in [6.07, 6.45) is 1.95. The van der Waals surface area contributed by atoms with Crippen molar-refractivity contribution in [3.05, 3.63) is 23.2 Å². The number of amides is 1. The molecule has 1 amide bonds. The Morgan fingerprint density at radius 3 is 2.59 bits per heavy atom. The van der Waals surface area contributed by atoms with E-state index in [1.165, 1.54) is 0 Å². The zero-order valence-electron chi connectivity index (χ0n) is 10.2. The highest BCUT2D eigenvalue weighted by Gasteiger charge is 2.17. The average molecular weight is 273 g/mol. The van der Waals surface area contributed by atoms with Crippen molar-refractivity contribution in [1.82, 2.24) is 0 Å². The van der Waals surface area contributed by atoms with Crippen LogP contribution < -0.4 is 11.1 Å². The van der Waals surface area contributed by atoms with Crippen molar-refractivity contribution < 1.29 is 4.79 Å². The normalized spacial score (nSPS) is 12.6. The number of thioether (sulfide) groups is 1. The molecule has 0 spiro atoms. The molecule has 1 atom stereocenters. The second-order valence-electron chi connectivity index (χ2n) is 4.11. The Morgan fingerprint density at radius 2 is 2.12 bits per heavy atom. The van der Waals surface area contributed by atoms with Gasteiger partial charge in [0.1, 0.15) is 0 Å². The molecule has 5 heteroatoms. The minimum absolute atomic E-state index is 0.107. The smallest absolute Gasteiger partial charge is 0.241 e. The van der Waals surface area contributed by atoms with E-state index in [2.05, 4.69) is 5.32 Å². The number of carbonyl (C=O) groups excluding carboxylic acids is 1. The molecule has 0 bridgehead atoms. The summed E-state index contributed by atoms with van der Waals surface area (Å²) in [5, 5.41) is 3.39. The van der Waals surface area contributed by atoms with Crippen molar-refractivity contribution in [1.29, 1.82) is 0 Å². The monoisotopic (exact) mass is 272 g/mol. The first kappa shape index (κ1) is 14.4. The van der Waals surface area contributed by atoms with Crippen LogP contribution in [0.3, 0.4) is 0 Å². The standard InChI is InChI=1S/C12H17ClN2OS/c1-7(2)11(14)12(16)15-8-4-5-10(17-3)9(13)6-8/h4-7,11H,14H2,1-3H3,(H,15,16)/t11-/m0/s1. The van der Waals surface area contributed by atoms with Gasteiger partial charge in [-0.05, 0) is 30.4 Å². The van der Waals surface area contributed by atoms with Crippen LogP contribution in [0.15, 0.2) is 23.1 Å². The predicted octanol–water partition coefficient (Wildman–Crippen LogP) is 2.98. The zero-order valence-corrected chi connectivity index (χ0v) is 11.7. The topological polar surface area (TPSA) is 55.1 Å². The van der Waals surface area contributed by atoms with Crippen molar-refractivity contribution in [3.63, 3.8) is 0 Å². The van der Waals surface area contributed by atoms with Crippen molar-refractivity contribution in [2.75, 3.05) is 11.6 Å². The highest BCUT2D eigenvalue weighted by molar-refractivity contribution is 7.98. The summed E-state index contributed by atoms with van der Waals surface area (Å²) in [4.78, 5) is 12.7. The molecule has 1 aromatic rings. The van der Waals surface area contributed by atoms with Gasteiger partial charge in [0.05, 0.1) is 11.1 Å². The van der Waals surface area contributed by atoms with E-state index < -0.39 is 6.04 Å². The van der Waals surface area contributed by atoms with E-state index in [9.17, 15) is 4.79 Å². The number of rotatable bonds is 4. The number of anilines is 1. The Labute approximate surface area is 111 Å². The van der Waals surface area contributed by atoms with Crippen LogP contribution >= 0.6 is 23.4 Å². The van der Waals surface area contributed by atoms with Crippen LogP contribution in [-0.2, 0) is 4.79 Å². The van der Waals surface area contributed by atoms with Crippen LogP contribution in [0.1, 0.15) is 13.8 Å². The molecule has 0 heterocycles. The summed E-state index contributed by atoms with van der Waals surface area (Å²) < 4.78 is 0. The largest absolute Gasteiger partial charge is 0.325 e. The SMILES string of the molecule is CSc1ccc(NC(=O)[C@@H](N)C(C)C)cc1Cl.